The molecule has 4 aliphatic rings. The molecule has 2 aliphatic carbocycles. The zero-order valence-electron chi connectivity index (χ0n) is 15.3. The van der Waals surface area contributed by atoms with Gasteiger partial charge in [0, 0.05) is 5.92 Å². The number of ether oxygens (including phenoxy) is 2. The van der Waals surface area contributed by atoms with Crippen molar-refractivity contribution in [3.8, 4) is 0 Å². The Kier molecular flexibility index (Phi) is 3.67. The summed E-state index contributed by atoms with van der Waals surface area (Å²) in [5.41, 5.74) is 3.22. The van der Waals surface area contributed by atoms with E-state index in [9.17, 15) is 9.90 Å². The van der Waals surface area contributed by atoms with Crippen LogP contribution in [0.15, 0.2) is 11.1 Å². The van der Waals surface area contributed by atoms with Gasteiger partial charge in [0.15, 0.2) is 6.29 Å². The SMILES string of the molecule is C[C@H]1C(=O)O[C@@H]2OC(O)[C@@H]3CCC([C@@]4(C)CCCC(C)(C)C4)=C1[C@H]23. The first kappa shape index (κ1) is 16.6. The first-order chi connectivity index (χ1) is 11.2. The fourth-order valence-electron chi connectivity index (χ4n) is 6.15. The molecule has 1 unspecified atom stereocenters. The second-order valence-electron chi connectivity index (χ2n) is 9.47. The molecule has 1 N–H and O–H groups in total. The monoisotopic (exact) mass is 334 g/mol. The molecular formula is C20H30O4. The van der Waals surface area contributed by atoms with Crippen molar-refractivity contribution >= 4 is 5.97 Å². The normalized spacial score (nSPS) is 47.4. The summed E-state index contributed by atoms with van der Waals surface area (Å²) in [5, 5.41) is 10.3. The fourth-order valence-corrected chi connectivity index (χ4v) is 6.15. The van der Waals surface area contributed by atoms with Crippen LogP contribution in [0, 0.1) is 28.6 Å². The van der Waals surface area contributed by atoms with Crippen molar-refractivity contribution in [3.05, 3.63) is 11.1 Å². The van der Waals surface area contributed by atoms with E-state index < -0.39 is 12.6 Å². The summed E-state index contributed by atoms with van der Waals surface area (Å²) in [4.78, 5) is 12.4. The molecule has 0 spiro atoms. The maximum Gasteiger partial charge on any atom is 0.315 e. The molecule has 2 saturated heterocycles. The second-order valence-corrected chi connectivity index (χ2v) is 9.47. The number of hydrogen-bond acceptors (Lipinski definition) is 4. The van der Waals surface area contributed by atoms with Crippen LogP contribution in [0.4, 0.5) is 0 Å². The predicted molar refractivity (Wildman–Crippen MR) is 89.7 cm³/mol. The van der Waals surface area contributed by atoms with E-state index in [1.165, 1.54) is 36.8 Å². The van der Waals surface area contributed by atoms with E-state index in [-0.39, 0.29) is 29.1 Å². The molecule has 0 radical (unpaired) electrons. The Hall–Kier alpha value is -0.870. The van der Waals surface area contributed by atoms with Crippen molar-refractivity contribution in [2.75, 3.05) is 0 Å². The maximum atomic E-state index is 12.4. The molecule has 0 aromatic rings. The number of rotatable bonds is 1. The number of esters is 1. The third-order valence-corrected chi connectivity index (χ3v) is 7.06. The number of aliphatic hydroxyl groups excluding tert-OH is 1. The summed E-state index contributed by atoms with van der Waals surface area (Å²) in [6, 6.07) is 0. The molecule has 0 bridgehead atoms. The van der Waals surface area contributed by atoms with Crippen LogP contribution in [0.2, 0.25) is 0 Å². The van der Waals surface area contributed by atoms with Crippen LogP contribution in [0.5, 0.6) is 0 Å². The van der Waals surface area contributed by atoms with Gasteiger partial charge in [-0.1, -0.05) is 32.8 Å². The number of allylic oxidation sites excluding steroid dienone is 1. The summed E-state index contributed by atoms with van der Waals surface area (Å²) >= 11 is 0. The van der Waals surface area contributed by atoms with Crippen molar-refractivity contribution < 1.29 is 19.4 Å². The highest BCUT2D eigenvalue weighted by Crippen LogP contribution is 2.58. The molecule has 4 nitrogen and oxygen atoms in total. The highest BCUT2D eigenvalue weighted by Gasteiger charge is 2.56. The molecule has 0 aromatic heterocycles. The number of carbonyl (C=O) groups is 1. The van der Waals surface area contributed by atoms with E-state index in [1.54, 1.807) is 0 Å². The minimum atomic E-state index is -0.801. The minimum absolute atomic E-state index is 0.0540. The molecule has 1 saturated carbocycles. The van der Waals surface area contributed by atoms with Crippen LogP contribution in [-0.2, 0) is 14.3 Å². The van der Waals surface area contributed by atoms with E-state index in [0.29, 0.717) is 5.41 Å². The smallest absolute Gasteiger partial charge is 0.315 e. The lowest BCUT2D eigenvalue weighted by Gasteiger charge is -2.49. The van der Waals surface area contributed by atoms with Crippen LogP contribution in [0.25, 0.3) is 0 Å². The summed E-state index contributed by atoms with van der Waals surface area (Å²) in [6.45, 7) is 9.10. The number of aliphatic hydroxyl groups is 1. The van der Waals surface area contributed by atoms with Gasteiger partial charge in [0.1, 0.15) is 0 Å². The van der Waals surface area contributed by atoms with E-state index in [2.05, 4.69) is 20.8 Å². The van der Waals surface area contributed by atoms with Gasteiger partial charge in [-0.25, -0.2) is 0 Å². The number of hydrogen-bond donors (Lipinski definition) is 1. The summed E-state index contributed by atoms with van der Waals surface area (Å²) in [5.74, 6) is -0.278. The van der Waals surface area contributed by atoms with E-state index >= 15 is 0 Å². The number of carbonyl (C=O) groups excluding carboxylic acids is 1. The minimum Gasteiger partial charge on any atom is -0.435 e. The average molecular weight is 334 g/mol. The topological polar surface area (TPSA) is 55.8 Å². The molecule has 2 heterocycles. The first-order valence-corrected chi connectivity index (χ1v) is 9.49. The molecule has 2 aliphatic heterocycles. The lowest BCUT2D eigenvalue weighted by molar-refractivity contribution is -0.209. The Morgan fingerprint density at radius 1 is 1.21 bits per heavy atom. The Bertz CT molecular complexity index is 592. The van der Waals surface area contributed by atoms with Crippen molar-refractivity contribution in [3.63, 3.8) is 0 Å². The zero-order valence-corrected chi connectivity index (χ0v) is 15.3. The fraction of sp³-hybridized carbons (Fsp3) is 0.850. The highest BCUT2D eigenvalue weighted by molar-refractivity contribution is 5.77. The van der Waals surface area contributed by atoms with Crippen LogP contribution >= 0.6 is 0 Å². The van der Waals surface area contributed by atoms with Gasteiger partial charge in [0.05, 0.1) is 11.8 Å². The van der Waals surface area contributed by atoms with Crippen molar-refractivity contribution in [2.24, 2.45) is 28.6 Å². The molecule has 24 heavy (non-hydrogen) atoms. The first-order valence-electron chi connectivity index (χ1n) is 9.49. The van der Waals surface area contributed by atoms with Crippen molar-refractivity contribution in [1.82, 2.24) is 0 Å². The largest absolute Gasteiger partial charge is 0.435 e. The maximum absolute atomic E-state index is 12.4. The van der Waals surface area contributed by atoms with Gasteiger partial charge < -0.3 is 14.6 Å². The Morgan fingerprint density at radius 3 is 2.67 bits per heavy atom. The molecule has 6 atom stereocenters. The summed E-state index contributed by atoms with van der Waals surface area (Å²) in [7, 11) is 0. The van der Waals surface area contributed by atoms with E-state index in [1.807, 2.05) is 6.92 Å². The van der Waals surface area contributed by atoms with Gasteiger partial charge in [-0.05, 0) is 55.4 Å². The molecule has 134 valence electrons. The quantitative estimate of drug-likeness (QED) is 0.585. The van der Waals surface area contributed by atoms with Crippen LogP contribution in [0.3, 0.4) is 0 Å². The Balaban J connectivity index is 1.80. The Morgan fingerprint density at radius 2 is 1.96 bits per heavy atom. The third kappa shape index (κ3) is 2.37. The van der Waals surface area contributed by atoms with Crippen LogP contribution in [0.1, 0.15) is 66.2 Å². The molecule has 0 aromatic carbocycles. The van der Waals surface area contributed by atoms with Gasteiger partial charge in [0.25, 0.3) is 0 Å². The van der Waals surface area contributed by atoms with Crippen LogP contribution < -0.4 is 0 Å². The molecule has 3 fully saturated rings. The standard InChI is InChI=1S/C20H30O4/c1-11-14-13(20(4)9-5-8-19(2,3)10-20)7-6-12-15(14)18(23-16(11)21)24-17(12)22/h11-12,15,17-18,22H,5-10H2,1-4H3/t11-,12-,15-,17?,18-,20+/m1/s1. The summed E-state index contributed by atoms with van der Waals surface area (Å²) < 4.78 is 11.1. The molecule has 4 rings (SSSR count). The Labute approximate surface area is 144 Å². The highest BCUT2D eigenvalue weighted by atomic mass is 16.7. The molecular weight excluding hydrogens is 304 g/mol. The van der Waals surface area contributed by atoms with Gasteiger partial charge in [-0.3, -0.25) is 4.79 Å². The molecule has 0 amide bonds. The lowest BCUT2D eigenvalue weighted by atomic mass is 9.56. The zero-order chi connectivity index (χ0) is 17.3. The second kappa shape index (κ2) is 5.31. The van der Waals surface area contributed by atoms with Crippen molar-refractivity contribution in [1.29, 1.82) is 0 Å². The van der Waals surface area contributed by atoms with Gasteiger partial charge in [-0.15, -0.1) is 0 Å². The molecule has 4 heteroatoms. The van der Waals surface area contributed by atoms with Crippen molar-refractivity contribution in [2.45, 2.75) is 78.8 Å². The third-order valence-electron chi connectivity index (χ3n) is 7.06. The predicted octanol–water partition coefficient (Wildman–Crippen LogP) is 3.78. The van der Waals surface area contributed by atoms with E-state index in [4.69, 9.17) is 9.47 Å². The van der Waals surface area contributed by atoms with Gasteiger partial charge in [0.2, 0.25) is 6.29 Å². The van der Waals surface area contributed by atoms with E-state index in [0.717, 1.165) is 12.8 Å². The van der Waals surface area contributed by atoms with Crippen LogP contribution in [-0.4, -0.2) is 23.7 Å². The van der Waals surface area contributed by atoms with Gasteiger partial charge >= 0.3 is 5.97 Å². The lowest BCUT2D eigenvalue weighted by Crippen LogP contribution is -2.44. The van der Waals surface area contributed by atoms with Gasteiger partial charge in [-0.2, -0.15) is 0 Å². The summed E-state index contributed by atoms with van der Waals surface area (Å²) in [6.07, 6.45) is 5.42. The average Bonchev–Trinajstić information content (AvgIpc) is 2.80.